The monoisotopic (exact) mass is 510 g/mol. The van der Waals surface area contributed by atoms with Crippen molar-refractivity contribution in [3.63, 3.8) is 0 Å². The van der Waals surface area contributed by atoms with Crippen LogP contribution < -0.4 is 0 Å². The summed E-state index contributed by atoms with van der Waals surface area (Å²) in [4.78, 5) is 5.20. The Morgan fingerprint density at radius 2 is 1.20 bits per heavy atom. The predicted octanol–water partition coefficient (Wildman–Crippen LogP) is 9.92. The van der Waals surface area contributed by atoms with E-state index in [0.29, 0.717) is 0 Å². The van der Waals surface area contributed by atoms with Gasteiger partial charge in [0, 0.05) is 16.2 Å². The molecule has 0 saturated carbocycles. The van der Waals surface area contributed by atoms with Gasteiger partial charge in [-0.05, 0) is 79.9 Å². The lowest BCUT2D eigenvalue weighted by atomic mass is 9.81. The highest BCUT2D eigenvalue weighted by Gasteiger charge is 2.35. The number of rotatable bonds is 1. The van der Waals surface area contributed by atoms with E-state index in [1.54, 1.807) is 0 Å². The fraction of sp³-hybridized carbons (Fsp3) is 0.0789. The first-order valence-corrected chi connectivity index (χ1v) is 14.0. The Balaban J connectivity index is 1.43. The van der Waals surface area contributed by atoms with Crippen LogP contribution >= 0.6 is 0 Å². The van der Waals surface area contributed by atoms with Gasteiger partial charge in [-0.1, -0.05) is 105 Å². The minimum atomic E-state index is -0.0383. The average Bonchev–Trinajstić information content (AvgIpc) is 3.50. The zero-order chi connectivity index (χ0) is 26.6. The van der Waals surface area contributed by atoms with Crippen LogP contribution in [-0.4, -0.2) is 9.38 Å². The molecular formula is C38H26N2. The molecule has 0 unspecified atom stereocenters. The van der Waals surface area contributed by atoms with E-state index >= 15 is 0 Å². The Kier molecular flexibility index (Phi) is 4.15. The SMILES string of the molecule is CC1(C)c2ccccc2-c2ccc(-c3cc4c5ccccc5n5c6ccccc6nc5c4c4ccccc34)cc21. The molecule has 0 N–H and O–H groups in total. The lowest BCUT2D eigenvalue weighted by Gasteiger charge is -2.22. The van der Waals surface area contributed by atoms with Crippen molar-refractivity contribution in [2.75, 3.05) is 0 Å². The Labute approximate surface area is 232 Å². The number of nitrogens with zero attached hydrogens (tertiary/aromatic N) is 2. The van der Waals surface area contributed by atoms with Crippen LogP contribution in [0.15, 0.2) is 121 Å². The van der Waals surface area contributed by atoms with Crippen LogP contribution in [0.1, 0.15) is 25.0 Å². The van der Waals surface area contributed by atoms with Gasteiger partial charge in [-0.3, -0.25) is 4.40 Å². The minimum Gasteiger partial charge on any atom is -0.292 e. The van der Waals surface area contributed by atoms with Gasteiger partial charge in [0.1, 0.15) is 5.65 Å². The van der Waals surface area contributed by atoms with Gasteiger partial charge in [-0.15, -0.1) is 0 Å². The number of hydrogen-bond donors (Lipinski definition) is 0. The second-order valence-electron chi connectivity index (χ2n) is 11.6. The van der Waals surface area contributed by atoms with Crippen molar-refractivity contribution in [2.24, 2.45) is 0 Å². The van der Waals surface area contributed by atoms with Gasteiger partial charge in [0.2, 0.25) is 0 Å². The largest absolute Gasteiger partial charge is 0.292 e. The van der Waals surface area contributed by atoms with E-state index < -0.39 is 0 Å². The Hall–Kier alpha value is -4.95. The van der Waals surface area contributed by atoms with Crippen molar-refractivity contribution in [3.05, 3.63) is 132 Å². The first-order valence-electron chi connectivity index (χ1n) is 14.0. The van der Waals surface area contributed by atoms with E-state index in [1.807, 2.05) is 0 Å². The molecule has 0 spiro atoms. The van der Waals surface area contributed by atoms with Crippen molar-refractivity contribution in [1.82, 2.24) is 9.38 Å². The molecule has 40 heavy (non-hydrogen) atoms. The van der Waals surface area contributed by atoms with Crippen molar-refractivity contribution < 1.29 is 0 Å². The number of pyridine rings is 1. The molecule has 1 aliphatic rings. The number of aromatic nitrogens is 2. The summed E-state index contributed by atoms with van der Waals surface area (Å²) in [6.07, 6.45) is 0. The molecule has 2 nitrogen and oxygen atoms in total. The maximum atomic E-state index is 5.20. The summed E-state index contributed by atoms with van der Waals surface area (Å²) in [5, 5.41) is 6.20. The zero-order valence-electron chi connectivity index (χ0n) is 22.4. The van der Waals surface area contributed by atoms with Gasteiger partial charge in [-0.25, -0.2) is 4.98 Å². The Bertz CT molecular complexity index is 2350. The van der Waals surface area contributed by atoms with Gasteiger partial charge >= 0.3 is 0 Å². The summed E-state index contributed by atoms with van der Waals surface area (Å²) in [5.74, 6) is 0. The van der Waals surface area contributed by atoms with Crippen LogP contribution in [0.25, 0.3) is 71.4 Å². The van der Waals surface area contributed by atoms with E-state index in [-0.39, 0.29) is 5.41 Å². The standard InChI is InChI=1S/C38H26N2/c1-38(2)31-15-7-5-12-25(31)26-20-19-23(21-32(26)38)29-22-30-27-13-6-9-17-34(27)40-35-18-10-8-16-33(35)39-37(40)36(30)28-14-4-3-11-24(28)29/h3-22H,1-2H3. The number of imidazole rings is 1. The molecule has 0 saturated heterocycles. The van der Waals surface area contributed by atoms with Crippen molar-refractivity contribution in [3.8, 4) is 22.3 Å². The van der Waals surface area contributed by atoms with E-state index in [4.69, 9.17) is 4.98 Å². The lowest BCUT2D eigenvalue weighted by Crippen LogP contribution is -2.14. The first-order chi connectivity index (χ1) is 19.6. The van der Waals surface area contributed by atoms with Gasteiger partial charge in [0.15, 0.2) is 0 Å². The predicted molar refractivity (Wildman–Crippen MR) is 168 cm³/mol. The second-order valence-corrected chi connectivity index (χ2v) is 11.6. The third-order valence-corrected chi connectivity index (χ3v) is 9.16. The van der Waals surface area contributed by atoms with Crippen LogP contribution in [0.5, 0.6) is 0 Å². The summed E-state index contributed by atoms with van der Waals surface area (Å²) in [6, 6.07) is 44.4. The molecule has 188 valence electrons. The van der Waals surface area contributed by atoms with E-state index in [9.17, 15) is 0 Å². The van der Waals surface area contributed by atoms with Crippen molar-refractivity contribution >= 4 is 49.1 Å². The minimum absolute atomic E-state index is 0.0383. The second kappa shape index (κ2) is 7.58. The molecule has 9 rings (SSSR count). The van der Waals surface area contributed by atoms with Gasteiger partial charge in [0.25, 0.3) is 0 Å². The number of hydrogen-bond acceptors (Lipinski definition) is 1. The molecule has 0 radical (unpaired) electrons. The molecule has 0 amide bonds. The molecule has 0 atom stereocenters. The maximum Gasteiger partial charge on any atom is 0.147 e. The van der Waals surface area contributed by atoms with Crippen LogP contribution in [0, 0.1) is 0 Å². The Morgan fingerprint density at radius 3 is 2.08 bits per heavy atom. The quantitative estimate of drug-likeness (QED) is 0.201. The normalized spacial score (nSPS) is 13.9. The summed E-state index contributed by atoms with van der Waals surface area (Å²) >= 11 is 0. The summed E-state index contributed by atoms with van der Waals surface area (Å²) < 4.78 is 2.34. The topological polar surface area (TPSA) is 17.3 Å². The molecular weight excluding hydrogens is 484 g/mol. The summed E-state index contributed by atoms with van der Waals surface area (Å²) in [7, 11) is 0. The molecule has 2 heteroatoms. The van der Waals surface area contributed by atoms with Gasteiger partial charge in [0.05, 0.1) is 16.6 Å². The van der Waals surface area contributed by atoms with Gasteiger partial charge in [-0.2, -0.15) is 0 Å². The highest BCUT2D eigenvalue weighted by atomic mass is 15.0. The molecule has 6 aromatic carbocycles. The molecule has 0 bridgehead atoms. The number of para-hydroxylation sites is 3. The molecule has 2 heterocycles. The number of fused-ring (bicyclic) bond motifs is 13. The smallest absolute Gasteiger partial charge is 0.147 e. The van der Waals surface area contributed by atoms with Gasteiger partial charge < -0.3 is 0 Å². The van der Waals surface area contributed by atoms with E-state index in [0.717, 1.165) is 16.7 Å². The third-order valence-electron chi connectivity index (χ3n) is 9.16. The fourth-order valence-corrected chi connectivity index (χ4v) is 7.27. The van der Waals surface area contributed by atoms with Crippen LogP contribution in [0.3, 0.4) is 0 Å². The Morgan fingerprint density at radius 1 is 0.525 bits per heavy atom. The molecule has 8 aromatic rings. The highest BCUT2D eigenvalue weighted by Crippen LogP contribution is 2.50. The lowest BCUT2D eigenvalue weighted by molar-refractivity contribution is 0.660. The zero-order valence-corrected chi connectivity index (χ0v) is 22.4. The van der Waals surface area contributed by atoms with Crippen LogP contribution in [0.4, 0.5) is 0 Å². The highest BCUT2D eigenvalue weighted by molar-refractivity contribution is 6.26. The van der Waals surface area contributed by atoms with Crippen LogP contribution in [-0.2, 0) is 5.41 Å². The van der Waals surface area contributed by atoms with Crippen molar-refractivity contribution in [1.29, 1.82) is 0 Å². The van der Waals surface area contributed by atoms with Crippen molar-refractivity contribution in [2.45, 2.75) is 19.3 Å². The molecule has 0 aliphatic heterocycles. The summed E-state index contributed by atoms with van der Waals surface area (Å²) in [6.45, 7) is 4.71. The van der Waals surface area contributed by atoms with E-state index in [2.05, 4.69) is 140 Å². The van der Waals surface area contributed by atoms with Crippen LogP contribution in [0.2, 0.25) is 0 Å². The fourth-order valence-electron chi connectivity index (χ4n) is 7.27. The summed E-state index contributed by atoms with van der Waals surface area (Å²) in [5.41, 5.74) is 12.4. The molecule has 0 fully saturated rings. The molecule has 1 aliphatic carbocycles. The molecule has 2 aromatic heterocycles. The van der Waals surface area contributed by atoms with E-state index in [1.165, 1.54) is 65.8 Å². The average molecular weight is 511 g/mol. The number of benzene rings is 6. The first kappa shape index (κ1) is 21.9. The maximum absolute atomic E-state index is 5.20. The third kappa shape index (κ3) is 2.70.